The van der Waals surface area contributed by atoms with Crippen LogP contribution in [0.4, 0.5) is 0 Å². The first-order valence-corrected chi connectivity index (χ1v) is 8.62. The third-order valence-corrected chi connectivity index (χ3v) is 6.61. The number of hydrogen-bond acceptors (Lipinski definition) is 0. The van der Waals surface area contributed by atoms with E-state index in [1.807, 2.05) is 11.1 Å². The van der Waals surface area contributed by atoms with E-state index in [-0.39, 0.29) is 0 Å². The fraction of sp³-hybridized carbons (Fsp3) is 0.889. The first kappa shape index (κ1) is 11.6. The molecule has 0 spiro atoms. The van der Waals surface area contributed by atoms with E-state index in [9.17, 15) is 0 Å². The zero-order valence-corrected chi connectivity index (χ0v) is 11.8. The zero-order chi connectivity index (χ0) is 11.9. The Morgan fingerprint density at radius 1 is 0.556 bits per heavy atom. The number of hydrogen-bond donors (Lipinski definition) is 0. The third kappa shape index (κ3) is 1.96. The van der Waals surface area contributed by atoms with E-state index in [2.05, 4.69) is 0 Å². The molecule has 0 aromatic carbocycles. The maximum absolute atomic E-state index is 2.00. The van der Waals surface area contributed by atoms with Gasteiger partial charge >= 0.3 is 0 Å². The van der Waals surface area contributed by atoms with Crippen LogP contribution in [0, 0.1) is 23.7 Å². The van der Waals surface area contributed by atoms with E-state index >= 15 is 0 Å². The molecule has 4 aliphatic carbocycles. The van der Waals surface area contributed by atoms with E-state index in [0.717, 1.165) is 23.7 Å². The molecule has 0 radical (unpaired) electrons. The zero-order valence-electron chi connectivity index (χ0n) is 11.8. The predicted octanol–water partition coefficient (Wildman–Crippen LogP) is 5.48. The minimum atomic E-state index is 1.03. The maximum atomic E-state index is 2.00. The Labute approximate surface area is 112 Å². The fourth-order valence-corrected chi connectivity index (χ4v) is 5.71. The van der Waals surface area contributed by atoms with Gasteiger partial charge in [0, 0.05) is 0 Å². The summed E-state index contributed by atoms with van der Waals surface area (Å²) in [6.45, 7) is 0. The summed E-state index contributed by atoms with van der Waals surface area (Å²) >= 11 is 0. The molecular weight excluding hydrogens is 216 g/mol. The van der Waals surface area contributed by atoms with Gasteiger partial charge in [0.2, 0.25) is 0 Å². The Bertz CT molecular complexity index is 317. The van der Waals surface area contributed by atoms with Gasteiger partial charge in [0.1, 0.15) is 0 Å². The second-order valence-corrected chi connectivity index (χ2v) is 7.59. The largest absolute Gasteiger partial charge is 0.0676 e. The topological polar surface area (TPSA) is 0 Å². The summed E-state index contributed by atoms with van der Waals surface area (Å²) in [5.41, 5.74) is 3.99. The van der Waals surface area contributed by atoms with Crippen molar-refractivity contribution in [2.45, 2.75) is 77.0 Å². The van der Waals surface area contributed by atoms with Crippen LogP contribution in [0.15, 0.2) is 11.1 Å². The van der Waals surface area contributed by atoms with Crippen LogP contribution in [-0.2, 0) is 0 Å². The van der Waals surface area contributed by atoms with Gasteiger partial charge in [-0.2, -0.15) is 0 Å². The van der Waals surface area contributed by atoms with Gasteiger partial charge in [-0.3, -0.25) is 0 Å². The van der Waals surface area contributed by atoms with Crippen molar-refractivity contribution < 1.29 is 0 Å². The molecule has 4 saturated carbocycles. The molecule has 4 bridgehead atoms. The molecule has 4 atom stereocenters. The molecular formula is C18H28. The van der Waals surface area contributed by atoms with Crippen LogP contribution in [0.2, 0.25) is 0 Å². The summed E-state index contributed by atoms with van der Waals surface area (Å²) in [5, 5.41) is 0. The molecule has 18 heavy (non-hydrogen) atoms. The van der Waals surface area contributed by atoms with Crippen molar-refractivity contribution in [3.63, 3.8) is 0 Å². The molecule has 0 aliphatic heterocycles. The average Bonchev–Trinajstić information content (AvgIpc) is 2.41. The minimum Gasteiger partial charge on any atom is -0.0676 e. The molecule has 4 aliphatic rings. The van der Waals surface area contributed by atoms with Crippen LogP contribution in [0.25, 0.3) is 0 Å². The Kier molecular flexibility index (Phi) is 3.01. The van der Waals surface area contributed by atoms with Crippen molar-refractivity contribution in [3.8, 4) is 0 Å². The molecule has 0 amide bonds. The van der Waals surface area contributed by atoms with E-state index < -0.39 is 0 Å². The van der Waals surface area contributed by atoms with Gasteiger partial charge in [-0.05, 0) is 75.0 Å². The standard InChI is InChI=1S/C18H28/c1-3-13-7-9-17(15(5-1)11-13)18-10-8-14-4-2-6-16(18)12-14/h13-16H,1-12H2/b18-17+. The normalized spacial score (nSPS) is 48.0. The summed E-state index contributed by atoms with van der Waals surface area (Å²) in [5.74, 6) is 4.28. The molecule has 4 rings (SSSR count). The highest BCUT2D eigenvalue weighted by atomic mass is 14.4. The summed E-state index contributed by atoms with van der Waals surface area (Å²) in [6, 6.07) is 0. The van der Waals surface area contributed by atoms with Gasteiger partial charge in [0.25, 0.3) is 0 Å². The molecule has 0 heteroatoms. The highest BCUT2D eigenvalue weighted by Gasteiger charge is 2.36. The van der Waals surface area contributed by atoms with Crippen molar-refractivity contribution in [1.29, 1.82) is 0 Å². The predicted molar refractivity (Wildman–Crippen MR) is 76.4 cm³/mol. The third-order valence-electron chi connectivity index (χ3n) is 6.61. The lowest BCUT2D eigenvalue weighted by atomic mass is 9.63. The van der Waals surface area contributed by atoms with Crippen molar-refractivity contribution in [2.75, 3.05) is 0 Å². The molecule has 100 valence electrons. The van der Waals surface area contributed by atoms with Crippen LogP contribution < -0.4 is 0 Å². The number of fused-ring (bicyclic) bond motifs is 4. The van der Waals surface area contributed by atoms with Gasteiger partial charge in [-0.1, -0.05) is 36.8 Å². The lowest BCUT2D eigenvalue weighted by molar-refractivity contribution is 0.214. The lowest BCUT2D eigenvalue weighted by Crippen LogP contribution is -2.29. The van der Waals surface area contributed by atoms with Gasteiger partial charge in [0.05, 0.1) is 0 Å². The molecule has 0 nitrogen and oxygen atoms in total. The number of rotatable bonds is 0. The second kappa shape index (κ2) is 4.69. The summed E-state index contributed by atoms with van der Waals surface area (Å²) < 4.78 is 0. The Morgan fingerprint density at radius 2 is 1.06 bits per heavy atom. The first-order valence-electron chi connectivity index (χ1n) is 8.62. The fourth-order valence-electron chi connectivity index (χ4n) is 5.71. The van der Waals surface area contributed by atoms with Gasteiger partial charge < -0.3 is 0 Å². The Morgan fingerprint density at radius 3 is 1.56 bits per heavy atom. The first-order chi connectivity index (χ1) is 8.90. The van der Waals surface area contributed by atoms with Gasteiger partial charge in [-0.25, -0.2) is 0 Å². The van der Waals surface area contributed by atoms with Crippen LogP contribution >= 0.6 is 0 Å². The van der Waals surface area contributed by atoms with Crippen molar-refractivity contribution in [3.05, 3.63) is 11.1 Å². The molecule has 0 N–H and O–H groups in total. The second-order valence-electron chi connectivity index (χ2n) is 7.59. The minimum absolute atomic E-state index is 1.03. The quantitative estimate of drug-likeness (QED) is 0.495. The van der Waals surface area contributed by atoms with Crippen LogP contribution in [-0.4, -0.2) is 0 Å². The van der Waals surface area contributed by atoms with Crippen LogP contribution in [0.5, 0.6) is 0 Å². The average molecular weight is 244 g/mol. The smallest absolute Gasteiger partial charge is 0.0198 e. The van der Waals surface area contributed by atoms with E-state index in [1.165, 1.54) is 51.4 Å². The molecule has 4 unspecified atom stereocenters. The summed E-state index contributed by atoms with van der Waals surface area (Å²) in [6.07, 6.45) is 18.4. The van der Waals surface area contributed by atoms with Crippen LogP contribution in [0.3, 0.4) is 0 Å². The van der Waals surface area contributed by atoms with Crippen molar-refractivity contribution in [1.82, 2.24) is 0 Å². The maximum Gasteiger partial charge on any atom is -0.0198 e. The van der Waals surface area contributed by atoms with E-state index in [0.29, 0.717) is 0 Å². The van der Waals surface area contributed by atoms with E-state index in [4.69, 9.17) is 0 Å². The number of allylic oxidation sites excluding steroid dienone is 2. The van der Waals surface area contributed by atoms with Gasteiger partial charge in [0.15, 0.2) is 0 Å². The molecule has 0 saturated heterocycles. The molecule has 4 fully saturated rings. The molecule has 0 heterocycles. The van der Waals surface area contributed by atoms with E-state index in [1.54, 1.807) is 25.7 Å². The highest BCUT2D eigenvalue weighted by molar-refractivity contribution is 5.24. The highest BCUT2D eigenvalue weighted by Crippen LogP contribution is 2.50. The van der Waals surface area contributed by atoms with Crippen molar-refractivity contribution >= 4 is 0 Å². The summed E-state index contributed by atoms with van der Waals surface area (Å²) in [4.78, 5) is 0. The van der Waals surface area contributed by atoms with Gasteiger partial charge in [-0.15, -0.1) is 0 Å². The Balaban J connectivity index is 1.61. The summed E-state index contributed by atoms with van der Waals surface area (Å²) in [7, 11) is 0. The molecule has 0 aromatic rings. The molecule has 0 aromatic heterocycles. The SMILES string of the molecule is C1CC2CC/C(=C3/CCC4CCCC3C4)C(C1)C2. The van der Waals surface area contributed by atoms with Crippen molar-refractivity contribution in [2.24, 2.45) is 23.7 Å². The Hall–Kier alpha value is -0.260. The van der Waals surface area contributed by atoms with Crippen LogP contribution in [0.1, 0.15) is 77.0 Å². The lowest BCUT2D eigenvalue weighted by Gasteiger charge is -2.43. The monoisotopic (exact) mass is 244 g/mol.